The molecule has 1 aliphatic carbocycles. The quantitative estimate of drug-likeness (QED) is 0.848. The zero-order valence-corrected chi connectivity index (χ0v) is 14.9. The van der Waals surface area contributed by atoms with E-state index in [4.69, 9.17) is 15.3 Å². The number of nitrogens with one attached hydrogen (secondary N) is 1. The van der Waals surface area contributed by atoms with E-state index in [9.17, 15) is 4.79 Å². The number of carbonyl (C=O) groups is 1. The zero-order valence-electron chi connectivity index (χ0n) is 14.9. The summed E-state index contributed by atoms with van der Waals surface area (Å²) < 4.78 is 5.82. The minimum absolute atomic E-state index is 0.0336. The van der Waals surface area contributed by atoms with E-state index in [0.717, 1.165) is 37.9 Å². The molecule has 1 aliphatic heterocycles. The molecule has 1 aromatic carbocycles. The summed E-state index contributed by atoms with van der Waals surface area (Å²) in [6.07, 6.45) is 4.82. The van der Waals surface area contributed by atoms with Crippen LogP contribution < -0.4 is 10.1 Å². The highest BCUT2D eigenvalue weighted by molar-refractivity contribution is 5.79. The molecule has 1 heterocycles. The molecule has 3 rings (SSSR count). The van der Waals surface area contributed by atoms with Gasteiger partial charge in [0.2, 0.25) is 5.91 Å². The van der Waals surface area contributed by atoms with Crippen molar-refractivity contribution in [3.05, 3.63) is 29.8 Å². The molecule has 3 atom stereocenters. The fraction of sp³-hybridized carbons (Fsp3) is 0.550. The van der Waals surface area contributed by atoms with Gasteiger partial charge >= 0.3 is 0 Å². The molecule has 0 spiro atoms. The van der Waals surface area contributed by atoms with Crippen LogP contribution in [-0.2, 0) is 4.79 Å². The van der Waals surface area contributed by atoms with Gasteiger partial charge in [0.25, 0.3) is 0 Å². The third-order valence-electron chi connectivity index (χ3n) is 5.27. The molecule has 6 nitrogen and oxygen atoms in total. The number of benzene rings is 1. The molecule has 6 heteroatoms. The van der Waals surface area contributed by atoms with Gasteiger partial charge in [-0.05, 0) is 62.3 Å². The third-order valence-corrected chi connectivity index (χ3v) is 5.27. The van der Waals surface area contributed by atoms with E-state index >= 15 is 0 Å². The fourth-order valence-corrected chi connectivity index (χ4v) is 3.78. The largest absolute Gasteiger partial charge is 0.493 e. The minimum atomic E-state index is -0.249. The molecule has 26 heavy (non-hydrogen) atoms. The summed E-state index contributed by atoms with van der Waals surface area (Å²) in [4.78, 5) is 14.0. The molecule has 136 valence electrons. The lowest BCUT2D eigenvalue weighted by Crippen LogP contribution is -2.42. The van der Waals surface area contributed by atoms with Crippen molar-refractivity contribution in [3.8, 4) is 17.9 Å². The van der Waals surface area contributed by atoms with Gasteiger partial charge in [0.05, 0.1) is 30.9 Å². The number of ether oxygens (including phenoxy) is 1. The molecule has 1 saturated heterocycles. The standard InChI is InChI=1S/C20H24N4O2/c21-11-15-4-7-19(8-5-15)26-14-16-3-6-17(10-16)23-13-20(25)24-9-1-2-18(24)12-22/h4-5,7-8,16-18,23H,1-3,6,9-10,13-14H2/t16-,17+,18+/m1/s1. The summed E-state index contributed by atoms with van der Waals surface area (Å²) in [6.45, 7) is 1.66. The zero-order chi connectivity index (χ0) is 18.4. The Hall–Kier alpha value is -2.57. The van der Waals surface area contributed by atoms with Crippen LogP contribution in [0.5, 0.6) is 5.75 Å². The van der Waals surface area contributed by atoms with Crippen molar-refractivity contribution in [1.82, 2.24) is 10.2 Å². The maximum atomic E-state index is 12.3. The van der Waals surface area contributed by atoms with E-state index in [2.05, 4.69) is 17.5 Å². The highest BCUT2D eigenvalue weighted by atomic mass is 16.5. The van der Waals surface area contributed by atoms with Crippen molar-refractivity contribution >= 4 is 5.91 Å². The van der Waals surface area contributed by atoms with Gasteiger partial charge in [-0.15, -0.1) is 0 Å². The number of nitriles is 2. The smallest absolute Gasteiger partial charge is 0.237 e. The second-order valence-corrected chi connectivity index (χ2v) is 7.08. The first-order valence-electron chi connectivity index (χ1n) is 9.25. The van der Waals surface area contributed by atoms with E-state index in [1.165, 1.54) is 0 Å². The topological polar surface area (TPSA) is 89.2 Å². The maximum absolute atomic E-state index is 12.3. The van der Waals surface area contributed by atoms with Crippen molar-refractivity contribution in [3.63, 3.8) is 0 Å². The van der Waals surface area contributed by atoms with Gasteiger partial charge in [-0.25, -0.2) is 0 Å². The molecule has 0 unspecified atom stereocenters. The van der Waals surface area contributed by atoms with Crippen LogP contribution in [0.15, 0.2) is 24.3 Å². The normalized spacial score (nSPS) is 24.8. The fourth-order valence-electron chi connectivity index (χ4n) is 3.78. The Morgan fingerprint density at radius 1 is 1.23 bits per heavy atom. The van der Waals surface area contributed by atoms with Gasteiger partial charge in [-0.2, -0.15) is 10.5 Å². The SMILES string of the molecule is N#Cc1ccc(OC[C@@H]2CC[C@H](NCC(=O)N3CCC[C@H]3C#N)C2)cc1. The first-order chi connectivity index (χ1) is 12.7. The van der Waals surface area contributed by atoms with Crippen molar-refractivity contribution < 1.29 is 9.53 Å². The van der Waals surface area contributed by atoms with E-state index in [-0.39, 0.29) is 11.9 Å². The number of carbonyl (C=O) groups excluding carboxylic acids is 1. The number of hydrogen-bond acceptors (Lipinski definition) is 5. The molecule has 0 bridgehead atoms. The van der Waals surface area contributed by atoms with Crippen LogP contribution in [0, 0.1) is 28.6 Å². The lowest BCUT2D eigenvalue weighted by molar-refractivity contribution is -0.130. The van der Waals surface area contributed by atoms with Crippen LogP contribution in [0.2, 0.25) is 0 Å². The van der Waals surface area contributed by atoms with Gasteiger partial charge in [-0.1, -0.05) is 0 Å². The minimum Gasteiger partial charge on any atom is -0.493 e. The first-order valence-corrected chi connectivity index (χ1v) is 9.25. The maximum Gasteiger partial charge on any atom is 0.237 e. The van der Waals surface area contributed by atoms with Crippen molar-refractivity contribution in [2.75, 3.05) is 19.7 Å². The van der Waals surface area contributed by atoms with Crippen LogP contribution in [0.25, 0.3) is 0 Å². The van der Waals surface area contributed by atoms with Crippen molar-refractivity contribution in [2.24, 2.45) is 5.92 Å². The lowest BCUT2D eigenvalue weighted by atomic mass is 10.1. The number of nitrogens with zero attached hydrogens (tertiary/aromatic N) is 3. The van der Waals surface area contributed by atoms with Crippen LogP contribution in [-0.4, -0.2) is 42.6 Å². The van der Waals surface area contributed by atoms with E-state index in [1.807, 2.05) is 12.1 Å². The molecular weight excluding hydrogens is 328 g/mol. The molecule has 0 aromatic heterocycles. The van der Waals surface area contributed by atoms with Gasteiger partial charge in [0, 0.05) is 12.6 Å². The Kier molecular flexibility index (Phi) is 6.09. The summed E-state index contributed by atoms with van der Waals surface area (Å²) in [5.74, 6) is 1.29. The number of likely N-dealkylation sites (tertiary alicyclic amines) is 1. The molecular formula is C20H24N4O2. The predicted octanol–water partition coefficient (Wildman–Crippen LogP) is 2.21. The molecule has 2 aliphatic rings. The highest BCUT2D eigenvalue weighted by Crippen LogP contribution is 2.26. The molecule has 1 aromatic rings. The van der Waals surface area contributed by atoms with Gasteiger partial charge in [0.1, 0.15) is 11.8 Å². The Bertz CT molecular complexity index is 704. The number of amides is 1. The summed E-state index contributed by atoms with van der Waals surface area (Å²) in [7, 11) is 0. The first kappa shape index (κ1) is 18.2. The Morgan fingerprint density at radius 2 is 2.04 bits per heavy atom. The van der Waals surface area contributed by atoms with Gasteiger partial charge in [0.15, 0.2) is 0 Å². The molecule has 1 amide bonds. The van der Waals surface area contributed by atoms with Gasteiger partial charge < -0.3 is 15.0 Å². The number of rotatable bonds is 6. The predicted molar refractivity (Wildman–Crippen MR) is 96.1 cm³/mol. The number of hydrogen-bond donors (Lipinski definition) is 1. The summed E-state index contributed by atoms with van der Waals surface area (Å²) in [6, 6.07) is 11.5. The van der Waals surface area contributed by atoms with Crippen LogP contribution >= 0.6 is 0 Å². The Balaban J connectivity index is 1.38. The lowest BCUT2D eigenvalue weighted by Gasteiger charge is -2.21. The van der Waals surface area contributed by atoms with Crippen LogP contribution in [0.4, 0.5) is 0 Å². The summed E-state index contributed by atoms with van der Waals surface area (Å²) in [5.41, 5.74) is 0.629. The van der Waals surface area contributed by atoms with Crippen LogP contribution in [0.1, 0.15) is 37.7 Å². The van der Waals surface area contributed by atoms with Crippen molar-refractivity contribution in [2.45, 2.75) is 44.2 Å². The Labute approximate surface area is 154 Å². The molecule has 2 fully saturated rings. The van der Waals surface area contributed by atoms with E-state index in [1.54, 1.807) is 17.0 Å². The summed E-state index contributed by atoms with van der Waals surface area (Å²) in [5, 5.41) is 21.2. The van der Waals surface area contributed by atoms with Gasteiger partial charge in [-0.3, -0.25) is 4.79 Å². The molecule has 1 N–H and O–H groups in total. The van der Waals surface area contributed by atoms with Crippen LogP contribution in [0.3, 0.4) is 0 Å². The van der Waals surface area contributed by atoms with E-state index < -0.39 is 0 Å². The second kappa shape index (κ2) is 8.69. The average Bonchev–Trinajstić information content (AvgIpc) is 3.34. The molecule has 1 saturated carbocycles. The monoisotopic (exact) mass is 352 g/mol. The summed E-state index contributed by atoms with van der Waals surface area (Å²) >= 11 is 0. The third kappa shape index (κ3) is 4.53. The average molecular weight is 352 g/mol. The van der Waals surface area contributed by atoms with Crippen molar-refractivity contribution in [1.29, 1.82) is 10.5 Å². The molecule has 0 radical (unpaired) electrons. The Morgan fingerprint density at radius 3 is 2.77 bits per heavy atom. The highest BCUT2D eigenvalue weighted by Gasteiger charge is 2.30. The second-order valence-electron chi connectivity index (χ2n) is 7.08. The van der Waals surface area contributed by atoms with E-state index in [0.29, 0.717) is 37.2 Å².